The third-order valence-corrected chi connectivity index (χ3v) is 4.11. The Hall–Kier alpha value is -1.33. The van der Waals surface area contributed by atoms with Gasteiger partial charge in [0.05, 0.1) is 10.9 Å². The molecule has 0 aliphatic heterocycles. The number of hydrogen-bond acceptors (Lipinski definition) is 5. The van der Waals surface area contributed by atoms with Crippen LogP contribution in [0.2, 0.25) is 4.34 Å². The van der Waals surface area contributed by atoms with Crippen molar-refractivity contribution >= 4 is 34.6 Å². The highest BCUT2D eigenvalue weighted by molar-refractivity contribution is 7.16. The number of nitrogens with zero attached hydrogens (tertiary/aromatic N) is 3. The van der Waals surface area contributed by atoms with E-state index in [1.807, 2.05) is 20.2 Å². The van der Waals surface area contributed by atoms with E-state index in [9.17, 15) is 0 Å². The number of rotatable bonds is 5. The van der Waals surface area contributed by atoms with Crippen LogP contribution in [0, 0.1) is 0 Å². The Bertz CT molecular complexity index is 555. The first-order chi connectivity index (χ1) is 9.15. The molecule has 0 saturated heterocycles. The van der Waals surface area contributed by atoms with E-state index in [-0.39, 0.29) is 0 Å². The van der Waals surface area contributed by atoms with E-state index in [1.54, 1.807) is 17.7 Å². The fraction of sp³-hybridized carbons (Fsp3) is 0.385. The lowest BCUT2D eigenvalue weighted by atomic mass is 10.2. The van der Waals surface area contributed by atoms with Gasteiger partial charge in [-0.05, 0) is 18.6 Å². The van der Waals surface area contributed by atoms with Crippen molar-refractivity contribution in [3.8, 4) is 0 Å². The summed E-state index contributed by atoms with van der Waals surface area (Å²) in [7, 11) is 3.92. The maximum atomic E-state index is 5.96. The van der Waals surface area contributed by atoms with Gasteiger partial charge in [-0.1, -0.05) is 18.5 Å². The molecule has 0 bridgehead atoms. The van der Waals surface area contributed by atoms with Gasteiger partial charge in [0.1, 0.15) is 18.0 Å². The molecule has 0 fully saturated rings. The SMILES string of the molecule is CCc1c(NC)ncnc1N(C)Cc1ccc(Cl)s1. The van der Waals surface area contributed by atoms with E-state index in [2.05, 4.69) is 33.2 Å². The Morgan fingerprint density at radius 1 is 1.37 bits per heavy atom. The van der Waals surface area contributed by atoms with E-state index in [4.69, 9.17) is 11.6 Å². The maximum Gasteiger partial charge on any atom is 0.137 e. The second-order valence-corrected chi connectivity index (χ2v) is 5.99. The summed E-state index contributed by atoms with van der Waals surface area (Å²) < 4.78 is 0.817. The van der Waals surface area contributed by atoms with Crippen LogP contribution in [-0.4, -0.2) is 24.1 Å². The van der Waals surface area contributed by atoms with Gasteiger partial charge in [-0.2, -0.15) is 0 Å². The van der Waals surface area contributed by atoms with Gasteiger partial charge < -0.3 is 10.2 Å². The summed E-state index contributed by atoms with van der Waals surface area (Å²) in [6.45, 7) is 2.91. The second-order valence-electron chi connectivity index (χ2n) is 4.19. The molecule has 0 aliphatic carbocycles. The Balaban J connectivity index is 2.25. The monoisotopic (exact) mass is 296 g/mol. The molecule has 2 rings (SSSR count). The molecule has 0 amide bonds. The maximum absolute atomic E-state index is 5.96. The van der Waals surface area contributed by atoms with Crippen LogP contribution in [0.1, 0.15) is 17.4 Å². The molecule has 2 aromatic rings. The van der Waals surface area contributed by atoms with Crippen molar-refractivity contribution in [2.75, 3.05) is 24.3 Å². The van der Waals surface area contributed by atoms with Crippen LogP contribution >= 0.6 is 22.9 Å². The van der Waals surface area contributed by atoms with Crippen LogP contribution in [0.15, 0.2) is 18.5 Å². The van der Waals surface area contributed by atoms with Gasteiger partial charge in [0.2, 0.25) is 0 Å². The molecular formula is C13H17ClN4S. The average Bonchev–Trinajstić information content (AvgIpc) is 2.82. The van der Waals surface area contributed by atoms with Crippen molar-refractivity contribution in [2.24, 2.45) is 0 Å². The quantitative estimate of drug-likeness (QED) is 0.918. The zero-order valence-corrected chi connectivity index (χ0v) is 12.8. The molecule has 6 heteroatoms. The van der Waals surface area contributed by atoms with Gasteiger partial charge in [-0.3, -0.25) is 0 Å². The molecule has 0 aromatic carbocycles. The summed E-state index contributed by atoms with van der Waals surface area (Å²) in [6.07, 6.45) is 2.49. The van der Waals surface area contributed by atoms with E-state index in [0.29, 0.717) is 0 Å². The summed E-state index contributed by atoms with van der Waals surface area (Å²) in [4.78, 5) is 12.0. The highest BCUT2D eigenvalue weighted by atomic mass is 35.5. The molecule has 0 spiro atoms. The molecule has 0 aliphatic rings. The van der Waals surface area contributed by atoms with Gasteiger partial charge in [-0.25, -0.2) is 9.97 Å². The minimum Gasteiger partial charge on any atom is -0.373 e. The lowest BCUT2D eigenvalue weighted by Crippen LogP contribution is -2.19. The smallest absolute Gasteiger partial charge is 0.137 e. The first kappa shape index (κ1) is 14.1. The lowest BCUT2D eigenvalue weighted by Gasteiger charge is -2.21. The number of thiophene rings is 1. The normalized spacial score (nSPS) is 10.5. The topological polar surface area (TPSA) is 41.1 Å². The van der Waals surface area contributed by atoms with Crippen LogP contribution in [0.5, 0.6) is 0 Å². The Morgan fingerprint density at radius 2 is 2.16 bits per heavy atom. The number of halogens is 1. The predicted molar refractivity (Wildman–Crippen MR) is 82.4 cm³/mol. The molecule has 1 N–H and O–H groups in total. The summed E-state index contributed by atoms with van der Waals surface area (Å²) >= 11 is 7.56. The molecule has 19 heavy (non-hydrogen) atoms. The number of nitrogens with one attached hydrogen (secondary N) is 1. The van der Waals surface area contributed by atoms with Gasteiger partial charge in [-0.15, -0.1) is 11.3 Å². The van der Waals surface area contributed by atoms with Gasteiger partial charge in [0.15, 0.2) is 0 Å². The van der Waals surface area contributed by atoms with Crippen LogP contribution in [-0.2, 0) is 13.0 Å². The first-order valence-corrected chi connectivity index (χ1v) is 7.32. The fourth-order valence-corrected chi connectivity index (χ4v) is 3.16. The summed E-state index contributed by atoms with van der Waals surface area (Å²) in [5.74, 6) is 1.86. The number of aromatic nitrogens is 2. The van der Waals surface area contributed by atoms with Crippen LogP contribution in [0.3, 0.4) is 0 Å². The van der Waals surface area contributed by atoms with Crippen LogP contribution < -0.4 is 10.2 Å². The Kier molecular flexibility index (Phi) is 4.61. The largest absolute Gasteiger partial charge is 0.373 e. The van der Waals surface area contributed by atoms with Gasteiger partial charge in [0, 0.05) is 24.5 Å². The minimum atomic E-state index is 0.796. The van der Waals surface area contributed by atoms with E-state index in [1.165, 1.54) is 4.88 Å². The molecule has 0 atom stereocenters. The molecule has 0 unspecified atom stereocenters. The van der Waals surface area contributed by atoms with Crippen LogP contribution in [0.25, 0.3) is 0 Å². The van der Waals surface area contributed by atoms with E-state index in [0.717, 1.165) is 34.5 Å². The lowest BCUT2D eigenvalue weighted by molar-refractivity contribution is 0.882. The van der Waals surface area contributed by atoms with E-state index >= 15 is 0 Å². The first-order valence-electron chi connectivity index (χ1n) is 6.12. The summed E-state index contributed by atoms with van der Waals surface area (Å²) in [5.41, 5.74) is 1.13. The molecule has 0 saturated carbocycles. The molecule has 4 nitrogen and oxygen atoms in total. The fourth-order valence-electron chi connectivity index (χ4n) is 2.02. The second kappa shape index (κ2) is 6.21. The van der Waals surface area contributed by atoms with Crippen molar-refractivity contribution in [3.05, 3.63) is 33.2 Å². The zero-order valence-electron chi connectivity index (χ0n) is 11.3. The standard InChI is InChI=1S/C13H17ClN4S/c1-4-10-12(15-2)16-8-17-13(10)18(3)7-9-5-6-11(14)19-9/h5-6,8H,4,7H2,1-3H3,(H,15,16,17). The van der Waals surface area contributed by atoms with Crippen molar-refractivity contribution in [1.82, 2.24) is 9.97 Å². The third-order valence-electron chi connectivity index (χ3n) is 2.90. The van der Waals surface area contributed by atoms with Crippen molar-refractivity contribution in [3.63, 3.8) is 0 Å². The Morgan fingerprint density at radius 3 is 2.74 bits per heavy atom. The van der Waals surface area contributed by atoms with Crippen molar-refractivity contribution in [2.45, 2.75) is 19.9 Å². The third kappa shape index (κ3) is 3.16. The zero-order chi connectivity index (χ0) is 13.8. The Labute approximate surface area is 122 Å². The van der Waals surface area contributed by atoms with Crippen LogP contribution in [0.4, 0.5) is 11.6 Å². The highest BCUT2D eigenvalue weighted by Gasteiger charge is 2.13. The van der Waals surface area contributed by atoms with Gasteiger partial charge in [0.25, 0.3) is 0 Å². The van der Waals surface area contributed by atoms with E-state index < -0.39 is 0 Å². The summed E-state index contributed by atoms with van der Waals surface area (Å²) in [6, 6.07) is 3.98. The molecule has 2 aromatic heterocycles. The molecular weight excluding hydrogens is 280 g/mol. The molecule has 0 radical (unpaired) electrons. The number of anilines is 2. The molecule has 2 heterocycles. The van der Waals surface area contributed by atoms with Gasteiger partial charge >= 0.3 is 0 Å². The predicted octanol–water partition coefficient (Wildman–Crippen LogP) is 3.43. The average molecular weight is 297 g/mol. The number of hydrogen-bond donors (Lipinski definition) is 1. The van der Waals surface area contributed by atoms with Crippen molar-refractivity contribution in [1.29, 1.82) is 0 Å². The minimum absolute atomic E-state index is 0.796. The van der Waals surface area contributed by atoms with Crippen molar-refractivity contribution < 1.29 is 0 Å². The highest BCUT2D eigenvalue weighted by Crippen LogP contribution is 2.27. The summed E-state index contributed by atoms with van der Waals surface area (Å²) in [5, 5.41) is 3.11. The molecule has 102 valence electrons.